The van der Waals surface area contributed by atoms with Gasteiger partial charge in [-0.2, -0.15) is 5.10 Å². The van der Waals surface area contributed by atoms with Crippen molar-refractivity contribution in [1.29, 1.82) is 0 Å². The number of carbonyl (C=O) groups is 1. The molecular formula is C24H35N3O3. The zero-order chi connectivity index (χ0) is 21.6. The van der Waals surface area contributed by atoms with E-state index >= 15 is 0 Å². The van der Waals surface area contributed by atoms with Crippen molar-refractivity contribution in [3.05, 3.63) is 47.3 Å². The molecule has 1 aromatic carbocycles. The quantitative estimate of drug-likeness (QED) is 0.579. The molecule has 6 heteroatoms. The standard InChI is InChI=1S/C24H35N3O3/c1-5-27-20(4)22(19(3)25-27)17-26-15-10-13-24(18-26,23(28)29-6-2)14-16-30-21-11-8-7-9-12-21/h7-9,11-12H,5-6,10,13-18H2,1-4H3. The first kappa shape index (κ1) is 22.3. The Balaban J connectivity index is 1.72. The smallest absolute Gasteiger partial charge is 0.313 e. The van der Waals surface area contributed by atoms with E-state index in [4.69, 9.17) is 9.47 Å². The zero-order valence-electron chi connectivity index (χ0n) is 18.8. The van der Waals surface area contributed by atoms with E-state index in [0.29, 0.717) is 26.2 Å². The van der Waals surface area contributed by atoms with Crippen LogP contribution in [0, 0.1) is 19.3 Å². The Bertz CT molecular complexity index is 834. The SMILES string of the molecule is CCOC(=O)C1(CCOc2ccccc2)CCCN(Cc2c(C)nn(CC)c2C)C1. The average Bonchev–Trinajstić information content (AvgIpc) is 3.02. The lowest BCUT2D eigenvalue weighted by atomic mass is 9.77. The van der Waals surface area contributed by atoms with Crippen molar-refractivity contribution >= 4 is 5.97 Å². The van der Waals surface area contributed by atoms with Crippen LogP contribution in [-0.4, -0.2) is 47.0 Å². The molecule has 1 atom stereocenters. The largest absolute Gasteiger partial charge is 0.494 e. The minimum atomic E-state index is -0.522. The summed E-state index contributed by atoms with van der Waals surface area (Å²) in [5, 5.41) is 4.66. The van der Waals surface area contributed by atoms with E-state index in [2.05, 4.69) is 35.5 Å². The second-order valence-electron chi connectivity index (χ2n) is 8.19. The van der Waals surface area contributed by atoms with Gasteiger partial charge in [-0.1, -0.05) is 18.2 Å². The molecule has 0 bridgehead atoms. The molecule has 3 rings (SSSR count). The normalized spacial score (nSPS) is 19.6. The highest BCUT2D eigenvalue weighted by molar-refractivity contribution is 5.77. The van der Waals surface area contributed by atoms with Gasteiger partial charge in [0, 0.05) is 30.9 Å². The molecule has 0 N–H and O–H groups in total. The number of hydrogen-bond donors (Lipinski definition) is 0. The first-order chi connectivity index (χ1) is 14.5. The molecule has 0 spiro atoms. The molecule has 2 aromatic rings. The maximum Gasteiger partial charge on any atom is 0.313 e. The van der Waals surface area contributed by atoms with Crippen LogP contribution < -0.4 is 4.74 Å². The minimum absolute atomic E-state index is 0.0935. The molecule has 2 heterocycles. The van der Waals surface area contributed by atoms with Gasteiger partial charge in [0.05, 0.1) is 24.3 Å². The van der Waals surface area contributed by atoms with Crippen molar-refractivity contribution in [2.24, 2.45) is 5.41 Å². The van der Waals surface area contributed by atoms with Gasteiger partial charge in [-0.15, -0.1) is 0 Å². The number of aromatic nitrogens is 2. The molecule has 1 saturated heterocycles. The third kappa shape index (κ3) is 5.04. The van der Waals surface area contributed by atoms with E-state index in [-0.39, 0.29) is 5.97 Å². The van der Waals surface area contributed by atoms with Gasteiger partial charge in [0.1, 0.15) is 5.75 Å². The number of aryl methyl sites for hydroxylation is 2. The molecule has 0 amide bonds. The first-order valence-corrected chi connectivity index (χ1v) is 11.1. The lowest BCUT2D eigenvalue weighted by Crippen LogP contribution is -2.49. The van der Waals surface area contributed by atoms with Crippen molar-refractivity contribution < 1.29 is 14.3 Å². The Morgan fingerprint density at radius 2 is 1.97 bits per heavy atom. The zero-order valence-corrected chi connectivity index (χ0v) is 18.8. The van der Waals surface area contributed by atoms with E-state index in [9.17, 15) is 4.79 Å². The summed E-state index contributed by atoms with van der Waals surface area (Å²) in [5.41, 5.74) is 3.05. The van der Waals surface area contributed by atoms with Crippen LogP contribution in [0.4, 0.5) is 0 Å². The third-order valence-corrected chi connectivity index (χ3v) is 6.17. The van der Waals surface area contributed by atoms with Crippen LogP contribution >= 0.6 is 0 Å². The Labute approximate surface area is 180 Å². The van der Waals surface area contributed by atoms with Crippen molar-refractivity contribution in [2.75, 3.05) is 26.3 Å². The molecule has 1 aliphatic heterocycles. The van der Waals surface area contributed by atoms with Crippen LogP contribution in [-0.2, 0) is 22.6 Å². The monoisotopic (exact) mass is 413 g/mol. The highest BCUT2D eigenvalue weighted by Gasteiger charge is 2.43. The molecule has 0 aliphatic carbocycles. The van der Waals surface area contributed by atoms with Gasteiger partial charge < -0.3 is 9.47 Å². The van der Waals surface area contributed by atoms with E-state index in [0.717, 1.165) is 43.9 Å². The Kier molecular flexibility index (Phi) is 7.53. The third-order valence-electron chi connectivity index (χ3n) is 6.17. The molecule has 1 unspecified atom stereocenters. The predicted octanol–water partition coefficient (Wildman–Crippen LogP) is 4.13. The molecule has 30 heavy (non-hydrogen) atoms. The lowest BCUT2D eigenvalue weighted by Gasteiger charge is -2.41. The van der Waals surface area contributed by atoms with Crippen LogP contribution in [0.25, 0.3) is 0 Å². The highest BCUT2D eigenvalue weighted by Crippen LogP contribution is 2.36. The van der Waals surface area contributed by atoms with E-state index in [1.54, 1.807) is 0 Å². The fourth-order valence-electron chi connectivity index (χ4n) is 4.49. The topological polar surface area (TPSA) is 56.6 Å². The van der Waals surface area contributed by atoms with Gasteiger partial charge in [0.2, 0.25) is 0 Å². The number of rotatable bonds is 9. The predicted molar refractivity (Wildman–Crippen MR) is 118 cm³/mol. The maximum absolute atomic E-state index is 13.0. The summed E-state index contributed by atoms with van der Waals surface area (Å²) in [7, 11) is 0. The fraction of sp³-hybridized carbons (Fsp3) is 0.583. The Morgan fingerprint density at radius 3 is 2.63 bits per heavy atom. The van der Waals surface area contributed by atoms with Crippen molar-refractivity contribution in [1.82, 2.24) is 14.7 Å². The van der Waals surface area contributed by atoms with Crippen molar-refractivity contribution in [3.63, 3.8) is 0 Å². The Morgan fingerprint density at radius 1 is 1.20 bits per heavy atom. The average molecular weight is 414 g/mol. The molecule has 1 fully saturated rings. The van der Waals surface area contributed by atoms with E-state index < -0.39 is 5.41 Å². The van der Waals surface area contributed by atoms with Crippen LogP contribution in [0.15, 0.2) is 30.3 Å². The summed E-state index contributed by atoms with van der Waals surface area (Å²) in [5.74, 6) is 0.742. The number of likely N-dealkylation sites (tertiary alicyclic amines) is 1. The number of esters is 1. The molecule has 0 radical (unpaired) electrons. The first-order valence-electron chi connectivity index (χ1n) is 11.1. The molecule has 6 nitrogen and oxygen atoms in total. The summed E-state index contributed by atoms with van der Waals surface area (Å²) in [6.07, 6.45) is 2.47. The molecule has 1 aliphatic rings. The van der Waals surface area contributed by atoms with Gasteiger partial charge in [-0.05, 0) is 65.6 Å². The van der Waals surface area contributed by atoms with Crippen LogP contribution in [0.3, 0.4) is 0 Å². The summed E-state index contributed by atoms with van der Waals surface area (Å²) in [6.45, 7) is 12.5. The molecular weight excluding hydrogens is 378 g/mol. The highest BCUT2D eigenvalue weighted by atomic mass is 16.5. The number of hydrogen-bond acceptors (Lipinski definition) is 5. The van der Waals surface area contributed by atoms with Gasteiger partial charge >= 0.3 is 5.97 Å². The summed E-state index contributed by atoms with van der Waals surface area (Å²) >= 11 is 0. The van der Waals surface area contributed by atoms with Gasteiger partial charge in [-0.3, -0.25) is 14.4 Å². The number of carbonyl (C=O) groups excluding carboxylic acids is 1. The molecule has 1 aromatic heterocycles. The van der Waals surface area contributed by atoms with Crippen LogP contribution in [0.5, 0.6) is 5.75 Å². The van der Waals surface area contributed by atoms with Gasteiger partial charge in [-0.25, -0.2) is 0 Å². The summed E-state index contributed by atoms with van der Waals surface area (Å²) in [6, 6.07) is 9.78. The summed E-state index contributed by atoms with van der Waals surface area (Å²) < 4.78 is 13.5. The van der Waals surface area contributed by atoms with Crippen LogP contribution in [0.1, 0.15) is 50.1 Å². The maximum atomic E-state index is 13.0. The number of para-hydroxylation sites is 1. The number of nitrogens with zero attached hydrogens (tertiary/aromatic N) is 3. The van der Waals surface area contributed by atoms with E-state index in [1.165, 1.54) is 11.3 Å². The second kappa shape index (κ2) is 10.1. The van der Waals surface area contributed by atoms with Gasteiger partial charge in [0.25, 0.3) is 0 Å². The minimum Gasteiger partial charge on any atom is -0.494 e. The number of piperidine rings is 1. The number of benzene rings is 1. The Hall–Kier alpha value is -2.34. The van der Waals surface area contributed by atoms with Crippen LogP contribution in [0.2, 0.25) is 0 Å². The fourth-order valence-corrected chi connectivity index (χ4v) is 4.49. The lowest BCUT2D eigenvalue weighted by molar-refractivity contribution is -0.160. The second-order valence-corrected chi connectivity index (χ2v) is 8.19. The molecule has 0 saturated carbocycles. The van der Waals surface area contributed by atoms with Gasteiger partial charge in [0.15, 0.2) is 0 Å². The van der Waals surface area contributed by atoms with E-state index in [1.807, 2.05) is 37.3 Å². The van der Waals surface area contributed by atoms with Crippen molar-refractivity contribution in [3.8, 4) is 5.75 Å². The van der Waals surface area contributed by atoms with Crippen molar-refractivity contribution in [2.45, 2.75) is 60.0 Å². The molecule has 164 valence electrons. The summed E-state index contributed by atoms with van der Waals surface area (Å²) in [4.78, 5) is 15.4. The number of ether oxygens (including phenoxy) is 2.